The molecule has 0 aliphatic rings. The van der Waals surface area contributed by atoms with Gasteiger partial charge in [-0.1, -0.05) is 32.3 Å². The molecule has 0 amide bonds. The Balaban J connectivity index is 1.72. The average Bonchev–Trinajstić information content (AvgIpc) is 2.77. The molecule has 0 aliphatic heterocycles. The second kappa shape index (κ2) is 14.3. The largest absolute Gasteiger partial charge is 0.494 e. The summed E-state index contributed by atoms with van der Waals surface area (Å²) < 4.78 is 16.9. The number of carbonyl (C=O) groups excluding carboxylic acids is 1. The van der Waals surface area contributed by atoms with Crippen LogP contribution in [-0.4, -0.2) is 19.2 Å². The molecule has 0 N–H and O–H groups in total. The lowest BCUT2D eigenvalue weighted by atomic mass is 10.2. The van der Waals surface area contributed by atoms with Gasteiger partial charge in [0.1, 0.15) is 17.2 Å². The number of hydrogen-bond donors (Lipinski definition) is 0. The molecule has 2 rings (SSSR count). The zero-order chi connectivity index (χ0) is 21.4. The standard InChI is InChI=1S/C26H34O4/c1-3-5-7-9-11-21-28-23-14-12-22(13-15-23)26(27)30-25-18-16-24(17-19-25)29-20-10-8-6-4-2/h3,12-19H,1,4-11,20-21H2,2H3. The molecule has 0 aliphatic carbocycles. The van der Waals surface area contributed by atoms with E-state index in [1.807, 2.05) is 18.2 Å². The number of benzene rings is 2. The van der Waals surface area contributed by atoms with E-state index in [0.717, 1.165) is 43.6 Å². The minimum absolute atomic E-state index is 0.390. The number of ether oxygens (including phenoxy) is 3. The van der Waals surface area contributed by atoms with Crippen LogP contribution in [0.1, 0.15) is 68.6 Å². The Bertz CT molecular complexity index is 735. The fourth-order valence-electron chi connectivity index (χ4n) is 2.93. The molecule has 0 spiro atoms. The van der Waals surface area contributed by atoms with Crippen molar-refractivity contribution >= 4 is 5.97 Å². The Kier molecular flexibility index (Phi) is 11.2. The maximum atomic E-state index is 12.3. The van der Waals surface area contributed by atoms with Crippen LogP contribution < -0.4 is 14.2 Å². The van der Waals surface area contributed by atoms with Crippen molar-refractivity contribution in [3.63, 3.8) is 0 Å². The fraction of sp³-hybridized carbons (Fsp3) is 0.423. The fourth-order valence-corrected chi connectivity index (χ4v) is 2.93. The van der Waals surface area contributed by atoms with E-state index in [1.54, 1.807) is 36.4 Å². The molecule has 0 bridgehead atoms. The van der Waals surface area contributed by atoms with Gasteiger partial charge in [0.15, 0.2) is 0 Å². The quantitative estimate of drug-likeness (QED) is 0.137. The molecule has 4 heteroatoms. The average molecular weight is 411 g/mol. The van der Waals surface area contributed by atoms with Gasteiger partial charge < -0.3 is 14.2 Å². The minimum Gasteiger partial charge on any atom is -0.494 e. The van der Waals surface area contributed by atoms with E-state index in [4.69, 9.17) is 14.2 Å². The number of rotatable bonds is 15. The van der Waals surface area contributed by atoms with E-state index in [2.05, 4.69) is 13.5 Å². The summed E-state index contributed by atoms with van der Waals surface area (Å²) in [4.78, 5) is 12.3. The third-order valence-corrected chi connectivity index (χ3v) is 4.71. The zero-order valence-electron chi connectivity index (χ0n) is 18.1. The van der Waals surface area contributed by atoms with Crippen LogP contribution in [0.2, 0.25) is 0 Å². The summed E-state index contributed by atoms with van der Waals surface area (Å²) in [6.45, 7) is 7.30. The smallest absolute Gasteiger partial charge is 0.343 e. The molecule has 0 saturated carbocycles. The molecule has 0 unspecified atom stereocenters. The number of esters is 1. The summed E-state index contributed by atoms with van der Waals surface area (Å²) in [6.07, 6.45) is 11.0. The topological polar surface area (TPSA) is 44.8 Å². The highest BCUT2D eigenvalue weighted by atomic mass is 16.5. The monoisotopic (exact) mass is 410 g/mol. The predicted octanol–water partition coefficient (Wildman–Crippen LogP) is 6.99. The third kappa shape index (κ3) is 9.17. The first-order chi connectivity index (χ1) is 14.7. The molecular formula is C26H34O4. The number of allylic oxidation sites excluding steroid dienone is 1. The normalized spacial score (nSPS) is 10.4. The van der Waals surface area contributed by atoms with Gasteiger partial charge >= 0.3 is 5.97 Å². The Labute approximate surface area is 180 Å². The van der Waals surface area contributed by atoms with E-state index in [-0.39, 0.29) is 5.97 Å². The Morgan fingerprint density at radius 1 is 0.767 bits per heavy atom. The molecule has 4 nitrogen and oxygen atoms in total. The lowest BCUT2D eigenvalue weighted by Gasteiger charge is -2.09. The minimum atomic E-state index is -0.390. The van der Waals surface area contributed by atoms with Gasteiger partial charge in [0.25, 0.3) is 0 Å². The van der Waals surface area contributed by atoms with Crippen molar-refractivity contribution in [1.82, 2.24) is 0 Å². The van der Waals surface area contributed by atoms with Gasteiger partial charge in [0, 0.05) is 0 Å². The molecule has 0 aromatic heterocycles. The number of hydrogen-bond acceptors (Lipinski definition) is 4. The van der Waals surface area contributed by atoms with Crippen LogP contribution in [-0.2, 0) is 0 Å². The summed E-state index contributed by atoms with van der Waals surface area (Å²) >= 11 is 0. The van der Waals surface area contributed by atoms with Crippen LogP contribution in [0, 0.1) is 0 Å². The van der Waals surface area contributed by atoms with E-state index in [9.17, 15) is 4.79 Å². The van der Waals surface area contributed by atoms with Crippen LogP contribution in [0.25, 0.3) is 0 Å². The van der Waals surface area contributed by atoms with E-state index < -0.39 is 0 Å². The maximum absolute atomic E-state index is 12.3. The number of unbranched alkanes of at least 4 members (excludes halogenated alkanes) is 6. The molecule has 2 aromatic carbocycles. The van der Waals surface area contributed by atoms with Crippen LogP contribution in [0.5, 0.6) is 17.2 Å². The van der Waals surface area contributed by atoms with Crippen LogP contribution in [0.3, 0.4) is 0 Å². The highest BCUT2D eigenvalue weighted by molar-refractivity contribution is 5.91. The van der Waals surface area contributed by atoms with Crippen LogP contribution in [0.4, 0.5) is 0 Å². The lowest BCUT2D eigenvalue weighted by Crippen LogP contribution is -2.08. The molecular weight excluding hydrogens is 376 g/mol. The molecule has 0 heterocycles. The van der Waals surface area contributed by atoms with E-state index in [1.165, 1.54) is 19.3 Å². The Morgan fingerprint density at radius 2 is 1.30 bits per heavy atom. The summed E-state index contributed by atoms with van der Waals surface area (Å²) in [7, 11) is 0. The van der Waals surface area contributed by atoms with Gasteiger partial charge in [-0.15, -0.1) is 6.58 Å². The summed E-state index contributed by atoms with van der Waals surface area (Å²) in [6, 6.07) is 14.2. The molecule has 0 radical (unpaired) electrons. The van der Waals surface area contributed by atoms with Gasteiger partial charge in [-0.2, -0.15) is 0 Å². The molecule has 30 heavy (non-hydrogen) atoms. The van der Waals surface area contributed by atoms with Gasteiger partial charge in [-0.25, -0.2) is 4.79 Å². The van der Waals surface area contributed by atoms with Gasteiger partial charge in [-0.05, 0) is 80.6 Å². The van der Waals surface area contributed by atoms with Crippen LogP contribution >= 0.6 is 0 Å². The summed E-state index contributed by atoms with van der Waals surface area (Å²) in [5.74, 6) is 1.66. The van der Waals surface area contributed by atoms with Crippen molar-refractivity contribution in [2.75, 3.05) is 13.2 Å². The molecule has 0 saturated heterocycles. The highest BCUT2D eigenvalue weighted by Gasteiger charge is 2.09. The van der Waals surface area contributed by atoms with Crippen LogP contribution in [0.15, 0.2) is 61.2 Å². The first-order valence-electron chi connectivity index (χ1n) is 11.0. The Hall–Kier alpha value is -2.75. The molecule has 162 valence electrons. The second-order valence-corrected chi connectivity index (χ2v) is 7.28. The van der Waals surface area contributed by atoms with Crippen molar-refractivity contribution in [1.29, 1.82) is 0 Å². The first kappa shape index (κ1) is 23.5. The van der Waals surface area contributed by atoms with Gasteiger partial charge in [-0.3, -0.25) is 0 Å². The van der Waals surface area contributed by atoms with Crippen molar-refractivity contribution in [3.8, 4) is 17.2 Å². The summed E-state index contributed by atoms with van der Waals surface area (Å²) in [5, 5.41) is 0. The van der Waals surface area contributed by atoms with E-state index >= 15 is 0 Å². The van der Waals surface area contributed by atoms with Gasteiger partial charge in [0.2, 0.25) is 0 Å². The molecule has 0 atom stereocenters. The SMILES string of the molecule is C=CCCCCCOc1ccc(C(=O)Oc2ccc(OCCCCCC)cc2)cc1. The third-order valence-electron chi connectivity index (χ3n) is 4.71. The van der Waals surface area contributed by atoms with Gasteiger partial charge in [0.05, 0.1) is 18.8 Å². The summed E-state index contributed by atoms with van der Waals surface area (Å²) in [5.41, 5.74) is 0.490. The van der Waals surface area contributed by atoms with Crippen molar-refractivity contribution < 1.29 is 19.0 Å². The molecule has 0 fully saturated rings. The molecule has 2 aromatic rings. The predicted molar refractivity (Wildman–Crippen MR) is 122 cm³/mol. The maximum Gasteiger partial charge on any atom is 0.343 e. The lowest BCUT2D eigenvalue weighted by molar-refractivity contribution is 0.0734. The zero-order valence-corrected chi connectivity index (χ0v) is 18.1. The number of carbonyl (C=O) groups is 1. The van der Waals surface area contributed by atoms with Crippen molar-refractivity contribution in [3.05, 3.63) is 66.7 Å². The highest BCUT2D eigenvalue weighted by Crippen LogP contribution is 2.20. The second-order valence-electron chi connectivity index (χ2n) is 7.28. The Morgan fingerprint density at radius 3 is 1.87 bits per heavy atom. The van der Waals surface area contributed by atoms with E-state index in [0.29, 0.717) is 24.5 Å². The van der Waals surface area contributed by atoms with Crippen molar-refractivity contribution in [2.24, 2.45) is 0 Å². The first-order valence-corrected chi connectivity index (χ1v) is 11.0. The van der Waals surface area contributed by atoms with Crippen molar-refractivity contribution in [2.45, 2.75) is 58.3 Å².